The second-order valence-corrected chi connectivity index (χ2v) is 5.67. The number of benzene rings is 1. The van der Waals surface area contributed by atoms with Crippen LogP contribution in [0.3, 0.4) is 0 Å². The summed E-state index contributed by atoms with van der Waals surface area (Å²) in [4.78, 5) is 0.231. The molecule has 0 radical (unpaired) electrons. The molecule has 0 aliphatic heterocycles. The lowest BCUT2D eigenvalue weighted by molar-refractivity contribution is 0.248. The van der Waals surface area contributed by atoms with Crippen molar-refractivity contribution in [1.82, 2.24) is 4.72 Å². The first-order valence-electron chi connectivity index (χ1n) is 5.78. The van der Waals surface area contributed by atoms with E-state index in [1.54, 1.807) is 18.2 Å². The normalized spacial score (nSPS) is 13.5. The third-order valence-electron chi connectivity index (χ3n) is 2.50. The van der Waals surface area contributed by atoms with Gasteiger partial charge in [-0.15, -0.1) is 0 Å². The Morgan fingerprint density at radius 2 is 1.94 bits per heavy atom. The molecule has 0 saturated carbocycles. The van der Waals surface area contributed by atoms with E-state index in [0.29, 0.717) is 6.42 Å². The lowest BCUT2D eigenvalue weighted by Gasteiger charge is -2.15. The number of sulfonamides is 1. The van der Waals surface area contributed by atoms with Crippen LogP contribution >= 0.6 is 0 Å². The van der Waals surface area contributed by atoms with E-state index in [1.807, 2.05) is 6.92 Å². The standard InChI is InChI=1S/C12H19NO3S/c1-2-3-7-11(10-14)13-17(15,16)12-8-5-4-6-9-12/h4-6,8-9,11,13-14H,2-3,7,10H2,1H3/t11-/m1/s1. The average molecular weight is 257 g/mol. The number of aliphatic hydroxyl groups is 1. The number of nitrogens with one attached hydrogen (secondary N) is 1. The number of aliphatic hydroxyl groups excluding tert-OH is 1. The van der Waals surface area contributed by atoms with Crippen molar-refractivity contribution in [3.05, 3.63) is 30.3 Å². The lowest BCUT2D eigenvalue weighted by atomic mass is 10.1. The van der Waals surface area contributed by atoms with Crippen LogP contribution in [0.15, 0.2) is 35.2 Å². The zero-order valence-corrected chi connectivity index (χ0v) is 10.8. The predicted octanol–water partition coefficient (Wildman–Crippen LogP) is 1.52. The van der Waals surface area contributed by atoms with Crippen LogP contribution in [0.1, 0.15) is 26.2 Å². The molecule has 0 spiro atoms. The summed E-state index contributed by atoms with van der Waals surface area (Å²) in [5.41, 5.74) is 0. The van der Waals surface area contributed by atoms with Gasteiger partial charge in [0.05, 0.1) is 11.5 Å². The van der Waals surface area contributed by atoms with E-state index in [1.165, 1.54) is 12.1 Å². The van der Waals surface area contributed by atoms with Crippen molar-refractivity contribution < 1.29 is 13.5 Å². The average Bonchev–Trinajstić information content (AvgIpc) is 2.35. The van der Waals surface area contributed by atoms with Gasteiger partial charge < -0.3 is 5.11 Å². The smallest absolute Gasteiger partial charge is 0.240 e. The van der Waals surface area contributed by atoms with Crippen LogP contribution < -0.4 is 4.72 Å². The molecular formula is C12H19NO3S. The van der Waals surface area contributed by atoms with Crippen LogP contribution in [-0.2, 0) is 10.0 Å². The molecule has 0 bridgehead atoms. The van der Waals surface area contributed by atoms with Gasteiger partial charge >= 0.3 is 0 Å². The van der Waals surface area contributed by atoms with Crippen molar-refractivity contribution in [2.45, 2.75) is 37.1 Å². The monoisotopic (exact) mass is 257 g/mol. The summed E-state index contributed by atoms with van der Waals surface area (Å²) < 4.78 is 26.4. The zero-order valence-electron chi connectivity index (χ0n) is 9.96. The molecule has 17 heavy (non-hydrogen) atoms. The molecule has 4 nitrogen and oxygen atoms in total. The quantitative estimate of drug-likeness (QED) is 0.778. The minimum absolute atomic E-state index is 0.175. The predicted molar refractivity (Wildman–Crippen MR) is 67.2 cm³/mol. The number of unbranched alkanes of at least 4 members (excludes halogenated alkanes) is 1. The molecule has 0 saturated heterocycles. The minimum Gasteiger partial charge on any atom is -0.395 e. The van der Waals surface area contributed by atoms with E-state index in [4.69, 9.17) is 5.11 Å². The maximum absolute atomic E-state index is 11.9. The molecule has 96 valence electrons. The SMILES string of the molecule is CCCC[C@H](CO)NS(=O)(=O)c1ccccc1. The first-order chi connectivity index (χ1) is 8.10. The van der Waals surface area contributed by atoms with E-state index in [0.717, 1.165) is 12.8 Å². The Balaban J connectivity index is 2.72. The molecule has 1 aromatic rings. The van der Waals surface area contributed by atoms with Gasteiger partial charge in [-0.3, -0.25) is 0 Å². The fourth-order valence-electron chi connectivity index (χ4n) is 1.53. The Bertz CT molecular complexity index is 417. The molecule has 0 aliphatic carbocycles. The molecule has 0 amide bonds. The summed E-state index contributed by atoms with van der Waals surface area (Å²) in [6.45, 7) is 1.85. The first-order valence-corrected chi connectivity index (χ1v) is 7.26. The van der Waals surface area contributed by atoms with Crippen LogP contribution in [-0.4, -0.2) is 26.2 Å². The summed E-state index contributed by atoms with van der Waals surface area (Å²) in [6.07, 6.45) is 2.52. The number of hydrogen-bond acceptors (Lipinski definition) is 3. The lowest BCUT2D eigenvalue weighted by Crippen LogP contribution is -2.37. The topological polar surface area (TPSA) is 66.4 Å². The Morgan fingerprint density at radius 1 is 1.29 bits per heavy atom. The summed E-state index contributed by atoms with van der Waals surface area (Å²) in [5, 5.41) is 9.14. The van der Waals surface area contributed by atoms with E-state index >= 15 is 0 Å². The second kappa shape index (κ2) is 6.74. The molecule has 1 rings (SSSR count). The first kappa shape index (κ1) is 14.2. The highest BCUT2D eigenvalue weighted by Gasteiger charge is 2.18. The molecule has 0 fully saturated rings. The summed E-state index contributed by atoms with van der Waals surface area (Å²) >= 11 is 0. The van der Waals surface area contributed by atoms with Crippen LogP contribution in [0.2, 0.25) is 0 Å². The highest BCUT2D eigenvalue weighted by atomic mass is 32.2. The van der Waals surface area contributed by atoms with Gasteiger partial charge in [0.2, 0.25) is 10.0 Å². The highest BCUT2D eigenvalue weighted by molar-refractivity contribution is 7.89. The summed E-state index contributed by atoms with van der Waals surface area (Å²) in [5.74, 6) is 0. The number of rotatable bonds is 7. The zero-order chi connectivity index (χ0) is 12.7. The molecule has 0 aliphatic rings. The second-order valence-electron chi connectivity index (χ2n) is 3.96. The molecular weight excluding hydrogens is 238 g/mol. The fourth-order valence-corrected chi connectivity index (χ4v) is 2.81. The van der Waals surface area contributed by atoms with Gasteiger partial charge in [0.1, 0.15) is 0 Å². The van der Waals surface area contributed by atoms with Gasteiger partial charge in [-0.05, 0) is 18.6 Å². The van der Waals surface area contributed by atoms with Crippen LogP contribution in [0, 0.1) is 0 Å². The molecule has 0 aromatic heterocycles. The van der Waals surface area contributed by atoms with Gasteiger partial charge in [-0.1, -0.05) is 38.0 Å². The molecule has 5 heteroatoms. The third-order valence-corrected chi connectivity index (χ3v) is 4.04. The van der Waals surface area contributed by atoms with Gasteiger partial charge in [-0.25, -0.2) is 13.1 Å². The number of hydrogen-bond donors (Lipinski definition) is 2. The van der Waals surface area contributed by atoms with Crippen molar-refractivity contribution in [3.63, 3.8) is 0 Å². The van der Waals surface area contributed by atoms with Gasteiger partial charge in [-0.2, -0.15) is 0 Å². The summed E-state index contributed by atoms with van der Waals surface area (Å²) in [7, 11) is -3.51. The van der Waals surface area contributed by atoms with Crippen LogP contribution in [0.25, 0.3) is 0 Å². The van der Waals surface area contributed by atoms with Crippen LogP contribution in [0.5, 0.6) is 0 Å². The van der Waals surface area contributed by atoms with Crippen molar-refractivity contribution in [1.29, 1.82) is 0 Å². The molecule has 1 atom stereocenters. The maximum Gasteiger partial charge on any atom is 0.240 e. The Labute approximate surface area is 103 Å². The van der Waals surface area contributed by atoms with Crippen molar-refractivity contribution >= 4 is 10.0 Å². The molecule has 1 aromatic carbocycles. The van der Waals surface area contributed by atoms with Gasteiger partial charge in [0.25, 0.3) is 0 Å². The molecule has 0 unspecified atom stereocenters. The molecule has 2 N–H and O–H groups in total. The van der Waals surface area contributed by atoms with E-state index in [2.05, 4.69) is 4.72 Å². The summed E-state index contributed by atoms with van der Waals surface area (Å²) in [6, 6.07) is 7.79. The Morgan fingerprint density at radius 3 is 2.47 bits per heavy atom. The fraction of sp³-hybridized carbons (Fsp3) is 0.500. The van der Waals surface area contributed by atoms with Crippen molar-refractivity contribution in [2.24, 2.45) is 0 Å². The highest BCUT2D eigenvalue weighted by Crippen LogP contribution is 2.10. The van der Waals surface area contributed by atoms with E-state index in [9.17, 15) is 8.42 Å². The van der Waals surface area contributed by atoms with Crippen molar-refractivity contribution in [2.75, 3.05) is 6.61 Å². The van der Waals surface area contributed by atoms with Crippen LogP contribution in [0.4, 0.5) is 0 Å². The Hall–Kier alpha value is -0.910. The van der Waals surface area contributed by atoms with Crippen molar-refractivity contribution in [3.8, 4) is 0 Å². The minimum atomic E-state index is -3.51. The van der Waals surface area contributed by atoms with E-state index in [-0.39, 0.29) is 11.5 Å². The maximum atomic E-state index is 11.9. The Kier molecular flexibility index (Phi) is 5.61. The van der Waals surface area contributed by atoms with Gasteiger partial charge in [0.15, 0.2) is 0 Å². The molecule has 0 heterocycles. The van der Waals surface area contributed by atoms with Gasteiger partial charge in [0, 0.05) is 6.04 Å². The van der Waals surface area contributed by atoms with E-state index < -0.39 is 16.1 Å². The largest absolute Gasteiger partial charge is 0.395 e. The third kappa shape index (κ3) is 4.46.